The van der Waals surface area contributed by atoms with Crippen molar-refractivity contribution in [3.8, 4) is 0 Å². The Balaban J connectivity index is 3.61. The first-order chi connectivity index (χ1) is 9.57. The first-order valence-corrected chi connectivity index (χ1v) is 8.09. The molecule has 0 spiro atoms. The van der Waals surface area contributed by atoms with Crippen LogP contribution in [0.5, 0.6) is 0 Å². The lowest BCUT2D eigenvalue weighted by atomic mass is 9.94. The standard InChI is InChI=1S/C16H31NO3/c1-2-3-4-5-6-8-11-14(16(17)20)12-9-7-10-13-15(18)19/h14H,2-13H2,1H3,(H2,17,20)(H,18,19). The van der Waals surface area contributed by atoms with E-state index in [-0.39, 0.29) is 18.2 Å². The molecule has 1 amide bonds. The summed E-state index contributed by atoms with van der Waals surface area (Å²) in [5.74, 6) is -0.966. The Morgan fingerprint density at radius 2 is 1.40 bits per heavy atom. The topological polar surface area (TPSA) is 80.4 Å². The largest absolute Gasteiger partial charge is 0.481 e. The maximum Gasteiger partial charge on any atom is 0.303 e. The molecule has 0 aliphatic carbocycles. The second-order valence-electron chi connectivity index (χ2n) is 5.65. The summed E-state index contributed by atoms with van der Waals surface area (Å²) in [4.78, 5) is 21.7. The van der Waals surface area contributed by atoms with Crippen molar-refractivity contribution in [2.45, 2.75) is 84.0 Å². The summed E-state index contributed by atoms with van der Waals surface area (Å²) in [6.07, 6.45) is 11.7. The molecule has 3 N–H and O–H groups in total. The minimum absolute atomic E-state index is 0.0222. The molecule has 0 aromatic rings. The van der Waals surface area contributed by atoms with Crippen LogP contribution in [0.2, 0.25) is 0 Å². The predicted molar refractivity (Wildman–Crippen MR) is 81.4 cm³/mol. The highest BCUT2D eigenvalue weighted by Crippen LogP contribution is 2.18. The highest BCUT2D eigenvalue weighted by molar-refractivity contribution is 5.76. The van der Waals surface area contributed by atoms with Crippen molar-refractivity contribution < 1.29 is 14.7 Å². The van der Waals surface area contributed by atoms with Crippen molar-refractivity contribution in [1.29, 1.82) is 0 Å². The van der Waals surface area contributed by atoms with Crippen molar-refractivity contribution in [2.75, 3.05) is 0 Å². The summed E-state index contributed by atoms with van der Waals surface area (Å²) in [6.45, 7) is 2.20. The number of carboxylic acid groups (broad SMARTS) is 1. The second kappa shape index (κ2) is 12.9. The Morgan fingerprint density at radius 3 is 1.90 bits per heavy atom. The highest BCUT2D eigenvalue weighted by atomic mass is 16.4. The maximum atomic E-state index is 11.4. The van der Waals surface area contributed by atoms with Crippen molar-refractivity contribution in [1.82, 2.24) is 0 Å². The lowest BCUT2D eigenvalue weighted by Gasteiger charge is -2.12. The third-order valence-corrected chi connectivity index (χ3v) is 3.75. The van der Waals surface area contributed by atoms with Crippen molar-refractivity contribution in [3.05, 3.63) is 0 Å². The third-order valence-electron chi connectivity index (χ3n) is 3.75. The molecular formula is C16H31NO3. The zero-order valence-electron chi connectivity index (χ0n) is 12.9. The molecule has 0 aromatic heterocycles. The fraction of sp³-hybridized carbons (Fsp3) is 0.875. The first-order valence-electron chi connectivity index (χ1n) is 8.09. The van der Waals surface area contributed by atoms with E-state index in [0.717, 1.165) is 32.1 Å². The Labute approximate surface area is 123 Å². The molecule has 0 bridgehead atoms. The molecule has 0 aromatic carbocycles. The fourth-order valence-corrected chi connectivity index (χ4v) is 2.44. The third kappa shape index (κ3) is 12.0. The molecule has 0 aliphatic heterocycles. The number of nitrogens with two attached hydrogens (primary N) is 1. The van der Waals surface area contributed by atoms with Crippen molar-refractivity contribution >= 4 is 11.9 Å². The number of hydrogen-bond donors (Lipinski definition) is 2. The summed E-state index contributed by atoms with van der Waals surface area (Å²) in [6, 6.07) is 0. The minimum Gasteiger partial charge on any atom is -0.481 e. The molecule has 1 unspecified atom stereocenters. The van der Waals surface area contributed by atoms with Gasteiger partial charge in [0.1, 0.15) is 0 Å². The molecular weight excluding hydrogens is 254 g/mol. The molecule has 0 heterocycles. The second-order valence-corrected chi connectivity index (χ2v) is 5.65. The van der Waals surface area contributed by atoms with Crippen molar-refractivity contribution in [3.63, 3.8) is 0 Å². The van der Waals surface area contributed by atoms with Gasteiger partial charge in [-0.2, -0.15) is 0 Å². The lowest BCUT2D eigenvalue weighted by molar-refractivity contribution is -0.137. The molecule has 0 saturated carbocycles. The van der Waals surface area contributed by atoms with Gasteiger partial charge in [-0.1, -0.05) is 58.3 Å². The monoisotopic (exact) mass is 285 g/mol. The molecule has 0 radical (unpaired) electrons. The Bertz CT molecular complexity index is 266. The van der Waals surface area contributed by atoms with E-state index in [9.17, 15) is 9.59 Å². The summed E-state index contributed by atoms with van der Waals surface area (Å²) in [7, 11) is 0. The lowest BCUT2D eigenvalue weighted by Crippen LogP contribution is -2.23. The van der Waals surface area contributed by atoms with E-state index in [1.807, 2.05) is 0 Å². The van der Waals surface area contributed by atoms with Crippen LogP contribution in [0.25, 0.3) is 0 Å². The highest BCUT2D eigenvalue weighted by Gasteiger charge is 2.14. The van der Waals surface area contributed by atoms with Crippen LogP contribution in [0.4, 0.5) is 0 Å². The number of aliphatic carboxylic acids is 1. The van der Waals surface area contributed by atoms with Gasteiger partial charge in [-0.25, -0.2) is 0 Å². The zero-order chi connectivity index (χ0) is 15.2. The molecule has 0 rings (SSSR count). The molecule has 1 atom stereocenters. The summed E-state index contributed by atoms with van der Waals surface area (Å²) >= 11 is 0. The first kappa shape index (κ1) is 18.9. The van der Waals surface area contributed by atoms with Crippen LogP contribution in [0.15, 0.2) is 0 Å². The van der Waals surface area contributed by atoms with Gasteiger partial charge in [0.2, 0.25) is 5.91 Å². The van der Waals surface area contributed by atoms with E-state index in [1.54, 1.807) is 0 Å². The van der Waals surface area contributed by atoms with Crippen LogP contribution >= 0.6 is 0 Å². The average Bonchev–Trinajstić information content (AvgIpc) is 2.39. The van der Waals surface area contributed by atoms with Gasteiger partial charge in [-0.05, 0) is 19.3 Å². The average molecular weight is 285 g/mol. The zero-order valence-corrected chi connectivity index (χ0v) is 12.9. The predicted octanol–water partition coefficient (Wildman–Crippen LogP) is 3.87. The summed E-state index contributed by atoms with van der Waals surface area (Å²) < 4.78 is 0. The Hall–Kier alpha value is -1.06. The van der Waals surface area contributed by atoms with E-state index in [4.69, 9.17) is 10.8 Å². The maximum absolute atomic E-state index is 11.4. The molecule has 0 aliphatic rings. The van der Waals surface area contributed by atoms with Gasteiger partial charge < -0.3 is 10.8 Å². The van der Waals surface area contributed by atoms with E-state index in [1.165, 1.54) is 32.1 Å². The molecule has 4 nitrogen and oxygen atoms in total. The van der Waals surface area contributed by atoms with Gasteiger partial charge in [0.05, 0.1) is 0 Å². The number of primary amides is 1. The number of rotatable bonds is 14. The van der Waals surface area contributed by atoms with Gasteiger partial charge in [0.15, 0.2) is 0 Å². The van der Waals surface area contributed by atoms with Gasteiger partial charge in [0, 0.05) is 12.3 Å². The van der Waals surface area contributed by atoms with Gasteiger partial charge in [0.25, 0.3) is 0 Å². The number of carboxylic acids is 1. The van der Waals surface area contributed by atoms with Crippen molar-refractivity contribution in [2.24, 2.45) is 11.7 Å². The van der Waals surface area contributed by atoms with E-state index in [0.29, 0.717) is 6.42 Å². The fourth-order valence-electron chi connectivity index (χ4n) is 2.44. The van der Waals surface area contributed by atoms with Gasteiger partial charge in [-0.15, -0.1) is 0 Å². The van der Waals surface area contributed by atoms with Crippen LogP contribution in [0.3, 0.4) is 0 Å². The number of carbonyl (C=O) groups is 2. The van der Waals surface area contributed by atoms with Crippen LogP contribution < -0.4 is 5.73 Å². The normalized spacial score (nSPS) is 12.2. The Morgan fingerprint density at radius 1 is 0.900 bits per heavy atom. The van der Waals surface area contributed by atoms with Gasteiger partial charge in [-0.3, -0.25) is 9.59 Å². The minimum atomic E-state index is -0.747. The SMILES string of the molecule is CCCCCCCCC(CCCCCC(=O)O)C(N)=O. The molecule has 4 heteroatoms. The smallest absolute Gasteiger partial charge is 0.303 e. The number of amides is 1. The van der Waals surface area contributed by atoms with E-state index >= 15 is 0 Å². The summed E-state index contributed by atoms with van der Waals surface area (Å²) in [5.41, 5.74) is 5.43. The molecule has 0 saturated heterocycles. The van der Waals surface area contributed by atoms with E-state index in [2.05, 4.69) is 6.92 Å². The number of unbranched alkanes of at least 4 members (excludes halogenated alkanes) is 7. The van der Waals surface area contributed by atoms with Crippen LogP contribution in [0.1, 0.15) is 84.0 Å². The van der Waals surface area contributed by atoms with Crippen LogP contribution in [-0.2, 0) is 9.59 Å². The molecule has 118 valence electrons. The van der Waals surface area contributed by atoms with Gasteiger partial charge >= 0.3 is 5.97 Å². The Kier molecular flexibility index (Phi) is 12.3. The summed E-state index contributed by atoms with van der Waals surface area (Å²) in [5, 5.41) is 8.54. The van der Waals surface area contributed by atoms with Crippen LogP contribution in [-0.4, -0.2) is 17.0 Å². The number of carbonyl (C=O) groups excluding carboxylic acids is 1. The number of hydrogen-bond acceptors (Lipinski definition) is 2. The quantitative estimate of drug-likeness (QED) is 0.475. The van der Waals surface area contributed by atoms with Crippen LogP contribution in [0, 0.1) is 5.92 Å². The molecule has 0 fully saturated rings. The molecule has 20 heavy (non-hydrogen) atoms. The van der Waals surface area contributed by atoms with E-state index < -0.39 is 5.97 Å².